The van der Waals surface area contributed by atoms with Crippen molar-refractivity contribution in [3.05, 3.63) is 86.9 Å². The lowest BCUT2D eigenvalue weighted by Gasteiger charge is -2.11. The fourth-order valence-corrected chi connectivity index (χ4v) is 3.91. The SMILES string of the molecule is O=C(CN1C(=O)S/C(=C/c2ccc(-c3ccc(Cl)cc3)o2)C1=O)c1ccc(Cl)cc1. The summed E-state index contributed by atoms with van der Waals surface area (Å²) in [5.74, 6) is 0.152. The Kier molecular flexibility index (Phi) is 5.81. The lowest BCUT2D eigenvalue weighted by atomic mass is 10.1. The Morgan fingerprint density at radius 1 is 0.933 bits per heavy atom. The summed E-state index contributed by atoms with van der Waals surface area (Å²) < 4.78 is 5.76. The number of Topliss-reactive ketones (excluding diaryl/α,β-unsaturated/α-hetero) is 1. The molecule has 0 saturated carbocycles. The highest BCUT2D eigenvalue weighted by Gasteiger charge is 2.36. The quantitative estimate of drug-likeness (QED) is 0.338. The summed E-state index contributed by atoms with van der Waals surface area (Å²) in [5.41, 5.74) is 1.21. The van der Waals surface area contributed by atoms with Crippen molar-refractivity contribution in [1.82, 2.24) is 4.90 Å². The van der Waals surface area contributed by atoms with Crippen LogP contribution in [0.3, 0.4) is 0 Å². The Labute approximate surface area is 186 Å². The Hall–Kier alpha value is -2.80. The summed E-state index contributed by atoms with van der Waals surface area (Å²) in [7, 11) is 0. The summed E-state index contributed by atoms with van der Waals surface area (Å²) in [6, 6.07) is 16.9. The lowest BCUT2D eigenvalue weighted by molar-refractivity contribution is -0.122. The molecule has 1 fully saturated rings. The van der Waals surface area contributed by atoms with Crippen LogP contribution >= 0.6 is 35.0 Å². The van der Waals surface area contributed by atoms with Crippen molar-refractivity contribution in [2.45, 2.75) is 0 Å². The molecular formula is C22H13Cl2NO4S. The maximum absolute atomic E-state index is 12.6. The van der Waals surface area contributed by atoms with Crippen LogP contribution in [-0.2, 0) is 4.79 Å². The number of furan rings is 1. The van der Waals surface area contributed by atoms with Gasteiger partial charge in [-0.1, -0.05) is 23.2 Å². The molecule has 0 spiro atoms. The first-order valence-corrected chi connectivity index (χ1v) is 10.4. The standard InChI is InChI=1S/C22H13Cl2NO4S/c23-15-5-1-13(2-6-15)18(26)12-25-21(27)20(30-22(25)28)11-17-9-10-19(29-17)14-3-7-16(24)8-4-14/h1-11H,12H2/b20-11+. The van der Waals surface area contributed by atoms with Gasteiger partial charge in [0.2, 0.25) is 0 Å². The maximum Gasteiger partial charge on any atom is 0.293 e. The summed E-state index contributed by atoms with van der Waals surface area (Å²) in [5, 5.41) is 0.613. The third-order valence-electron chi connectivity index (χ3n) is 4.37. The van der Waals surface area contributed by atoms with E-state index >= 15 is 0 Å². The van der Waals surface area contributed by atoms with E-state index in [9.17, 15) is 14.4 Å². The second kappa shape index (κ2) is 8.52. The van der Waals surface area contributed by atoms with E-state index < -0.39 is 11.1 Å². The number of thioether (sulfide) groups is 1. The Morgan fingerprint density at radius 2 is 1.57 bits per heavy atom. The van der Waals surface area contributed by atoms with Crippen molar-refractivity contribution in [2.75, 3.05) is 6.54 Å². The van der Waals surface area contributed by atoms with Gasteiger partial charge in [-0.05, 0) is 72.4 Å². The van der Waals surface area contributed by atoms with Gasteiger partial charge in [-0.2, -0.15) is 0 Å². The van der Waals surface area contributed by atoms with Crippen LogP contribution in [-0.4, -0.2) is 28.4 Å². The van der Waals surface area contributed by atoms with Crippen molar-refractivity contribution in [1.29, 1.82) is 0 Å². The molecule has 0 radical (unpaired) electrons. The van der Waals surface area contributed by atoms with Crippen LogP contribution in [0.4, 0.5) is 4.79 Å². The molecular weight excluding hydrogens is 445 g/mol. The highest BCUT2D eigenvalue weighted by atomic mass is 35.5. The second-order valence-electron chi connectivity index (χ2n) is 6.41. The number of benzene rings is 2. The summed E-state index contributed by atoms with van der Waals surface area (Å²) in [6.07, 6.45) is 1.50. The zero-order chi connectivity index (χ0) is 21.3. The van der Waals surface area contributed by atoms with Crippen LogP contribution in [0, 0.1) is 0 Å². The fourth-order valence-electron chi connectivity index (χ4n) is 2.84. The molecule has 1 aliphatic rings. The number of amides is 2. The van der Waals surface area contributed by atoms with Crippen molar-refractivity contribution >= 4 is 58.0 Å². The number of ketones is 1. The molecule has 5 nitrogen and oxygen atoms in total. The third-order valence-corrected chi connectivity index (χ3v) is 5.78. The number of carbonyl (C=O) groups excluding carboxylic acids is 3. The van der Waals surface area contributed by atoms with E-state index in [0.717, 1.165) is 22.2 Å². The van der Waals surface area contributed by atoms with E-state index in [1.54, 1.807) is 48.5 Å². The molecule has 1 aromatic heterocycles. The highest BCUT2D eigenvalue weighted by Crippen LogP contribution is 2.33. The van der Waals surface area contributed by atoms with Gasteiger partial charge in [0, 0.05) is 27.2 Å². The van der Waals surface area contributed by atoms with Gasteiger partial charge >= 0.3 is 0 Å². The molecule has 0 atom stereocenters. The number of halogens is 2. The van der Waals surface area contributed by atoms with Gasteiger partial charge < -0.3 is 4.42 Å². The molecule has 30 heavy (non-hydrogen) atoms. The van der Waals surface area contributed by atoms with Gasteiger partial charge in [-0.15, -0.1) is 0 Å². The zero-order valence-corrected chi connectivity index (χ0v) is 17.6. The Bertz CT molecular complexity index is 1170. The van der Waals surface area contributed by atoms with Crippen molar-refractivity contribution in [2.24, 2.45) is 0 Å². The van der Waals surface area contributed by atoms with Crippen LogP contribution in [0.15, 0.2) is 70.0 Å². The first-order valence-electron chi connectivity index (χ1n) is 8.80. The second-order valence-corrected chi connectivity index (χ2v) is 8.27. The fraction of sp³-hybridized carbons (Fsp3) is 0.0455. The van der Waals surface area contributed by atoms with E-state index in [0.29, 0.717) is 27.1 Å². The van der Waals surface area contributed by atoms with Gasteiger partial charge in [-0.3, -0.25) is 19.3 Å². The molecule has 3 aromatic rings. The van der Waals surface area contributed by atoms with Gasteiger partial charge in [0.15, 0.2) is 5.78 Å². The monoisotopic (exact) mass is 457 g/mol. The molecule has 0 bridgehead atoms. The molecule has 2 aromatic carbocycles. The Morgan fingerprint density at radius 3 is 2.23 bits per heavy atom. The van der Waals surface area contributed by atoms with E-state index in [1.807, 2.05) is 12.1 Å². The molecule has 4 rings (SSSR count). The number of nitrogens with zero attached hydrogens (tertiary/aromatic N) is 1. The Balaban J connectivity index is 1.49. The normalized spacial score (nSPS) is 15.3. The number of hydrogen-bond donors (Lipinski definition) is 0. The molecule has 2 heterocycles. The predicted octanol–water partition coefficient (Wildman–Crippen LogP) is 6.17. The maximum atomic E-state index is 12.6. The number of rotatable bonds is 5. The molecule has 1 aliphatic heterocycles. The minimum atomic E-state index is -0.531. The molecule has 2 amide bonds. The minimum absolute atomic E-state index is 0.195. The first-order chi connectivity index (χ1) is 14.4. The van der Waals surface area contributed by atoms with Gasteiger partial charge in [0.05, 0.1) is 11.4 Å². The van der Waals surface area contributed by atoms with Crippen LogP contribution in [0.1, 0.15) is 16.1 Å². The van der Waals surface area contributed by atoms with Gasteiger partial charge in [-0.25, -0.2) is 0 Å². The third kappa shape index (κ3) is 4.36. The molecule has 150 valence electrons. The topological polar surface area (TPSA) is 67.6 Å². The zero-order valence-electron chi connectivity index (χ0n) is 15.3. The van der Waals surface area contributed by atoms with E-state index in [4.69, 9.17) is 27.6 Å². The molecule has 1 saturated heterocycles. The van der Waals surface area contributed by atoms with Crippen LogP contribution in [0.25, 0.3) is 17.4 Å². The van der Waals surface area contributed by atoms with E-state index in [1.165, 1.54) is 6.08 Å². The van der Waals surface area contributed by atoms with Crippen LogP contribution in [0.5, 0.6) is 0 Å². The smallest absolute Gasteiger partial charge is 0.293 e. The summed E-state index contributed by atoms with van der Waals surface area (Å²) >= 11 is 12.5. The van der Waals surface area contributed by atoms with Gasteiger partial charge in [0.1, 0.15) is 11.5 Å². The van der Waals surface area contributed by atoms with Crippen molar-refractivity contribution < 1.29 is 18.8 Å². The van der Waals surface area contributed by atoms with E-state index in [2.05, 4.69) is 0 Å². The summed E-state index contributed by atoms with van der Waals surface area (Å²) in [6.45, 7) is -0.335. The molecule has 0 aliphatic carbocycles. The highest BCUT2D eigenvalue weighted by molar-refractivity contribution is 8.18. The number of imide groups is 1. The minimum Gasteiger partial charge on any atom is -0.457 e. The molecule has 8 heteroatoms. The predicted molar refractivity (Wildman–Crippen MR) is 118 cm³/mol. The van der Waals surface area contributed by atoms with Crippen LogP contribution in [0.2, 0.25) is 10.0 Å². The largest absolute Gasteiger partial charge is 0.457 e. The van der Waals surface area contributed by atoms with Crippen molar-refractivity contribution in [3.63, 3.8) is 0 Å². The summed E-state index contributed by atoms with van der Waals surface area (Å²) in [4.78, 5) is 38.4. The lowest BCUT2D eigenvalue weighted by Crippen LogP contribution is -2.33. The average Bonchev–Trinajstić information content (AvgIpc) is 3.29. The molecule has 0 N–H and O–H groups in total. The van der Waals surface area contributed by atoms with Crippen LogP contribution < -0.4 is 0 Å². The van der Waals surface area contributed by atoms with Gasteiger partial charge in [0.25, 0.3) is 11.1 Å². The number of hydrogen-bond acceptors (Lipinski definition) is 5. The van der Waals surface area contributed by atoms with E-state index in [-0.39, 0.29) is 17.2 Å². The first kappa shape index (κ1) is 20.5. The average molecular weight is 458 g/mol. The molecule has 0 unspecified atom stereocenters. The van der Waals surface area contributed by atoms with Crippen molar-refractivity contribution in [3.8, 4) is 11.3 Å². The number of carbonyl (C=O) groups is 3.